The molecule has 1 amide bonds. The van der Waals surface area contributed by atoms with E-state index in [-0.39, 0.29) is 5.91 Å². The van der Waals surface area contributed by atoms with Crippen molar-refractivity contribution in [2.45, 2.75) is 18.9 Å². The first-order chi connectivity index (χ1) is 6.24. The fraction of sp³-hybridized carbons (Fsp3) is 0.571. The summed E-state index contributed by atoms with van der Waals surface area (Å²) in [5, 5.41) is 9.04. The van der Waals surface area contributed by atoms with Crippen LogP contribution in [0.3, 0.4) is 0 Å². The molecule has 0 spiro atoms. The van der Waals surface area contributed by atoms with Crippen LogP contribution < -0.4 is 5.32 Å². The third-order valence-electron chi connectivity index (χ3n) is 2.05. The Morgan fingerprint density at radius 2 is 2.46 bits per heavy atom. The van der Waals surface area contributed by atoms with E-state index in [1.54, 1.807) is 11.6 Å². The summed E-state index contributed by atoms with van der Waals surface area (Å²) < 4.78 is 2.31. The van der Waals surface area contributed by atoms with Crippen LogP contribution in [0.5, 0.6) is 0 Å². The van der Waals surface area contributed by atoms with Crippen LogP contribution in [0.25, 0.3) is 0 Å². The van der Waals surface area contributed by atoms with Crippen LogP contribution in [0.15, 0.2) is 0 Å². The van der Waals surface area contributed by atoms with Gasteiger partial charge in [0.2, 0.25) is 5.82 Å². The fourth-order valence-corrected chi connectivity index (χ4v) is 1.53. The molecular formula is C7H10N4OS. The molecule has 0 bridgehead atoms. The van der Waals surface area contributed by atoms with E-state index >= 15 is 0 Å². The van der Waals surface area contributed by atoms with Gasteiger partial charge in [-0.25, -0.2) is 0 Å². The molecule has 0 unspecified atom stereocenters. The van der Waals surface area contributed by atoms with Gasteiger partial charge in [0.05, 0.1) is 0 Å². The molecular weight excluding hydrogens is 188 g/mol. The number of aromatic nitrogens is 3. The van der Waals surface area contributed by atoms with Gasteiger partial charge in [0.15, 0.2) is 4.77 Å². The Kier molecular flexibility index (Phi) is 1.91. The number of carbonyl (C=O) groups excluding carboxylic acids is 1. The summed E-state index contributed by atoms with van der Waals surface area (Å²) in [4.78, 5) is 11.3. The zero-order valence-electron chi connectivity index (χ0n) is 7.20. The number of hydrogen-bond donors (Lipinski definition) is 2. The van der Waals surface area contributed by atoms with E-state index in [1.807, 2.05) is 0 Å². The first-order valence-corrected chi connectivity index (χ1v) is 4.54. The molecule has 1 heterocycles. The van der Waals surface area contributed by atoms with Crippen LogP contribution in [0.4, 0.5) is 0 Å². The second-order valence-electron chi connectivity index (χ2n) is 3.03. The Labute approximate surface area is 80.1 Å². The van der Waals surface area contributed by atoms with Gasteiger partial charge < -0.3 is 5.32 Å². The zero-order valence-corrected chi connectivity index (χ0v) is 8.02. The van der Waals surface area contributed by atoms with Crippen molar-refractivity contribution in [2.24, 2.45) is 0 Å². The normalized spacial score (nSPS) is 15.8. The monoisotopic (exact) mass is 198 g/mol. The smallest absolute Gasteiger partial charge is 0.288 e. The molecule has 6 heteroatoms. The molecule has 1 aromatic heterocycles. The predicted molar refractivity (Wildman–Crippen MR) is 49.1 cm³/mol. The minimum atomic E-state index is -0.195. The summed E-state index contributed by atoms with van der Waals surface area (Å²) in [6.45, 7) is 0. The van der Waals surface area contributed by atoms with Crippen LogP contribution in [0, 0.1) is 4.77 Å². The number of carbonyl (C=O) groups is 1. The minimum absolute atomic E-state index is 0.195. The largest absolute Gasteiger partial charge is 0.352 e. The van der Waals surface area contributed by atoms with Crippen LogP contribution in [0.2, 0.25) is 0 Å². The Hall–Kier alpha value is -1.17. The highest BCUT2D eigenvalue weighted by molar-refractivity contribution is 7.71. The van der Waals surface area contributed by atoms with Crippen LogP contribution in [0.1, 0.15) is 29.5 Å². The van der Waals surface area contributed by atoms with Gasteiger partial charge in [-0.3, -0.25) is 14.5 Å². The SMILES string of the molecule is CNC(=O)c1n[nH]c(=S)n1C1CC1. The van der Waals surface area contributed by atoms with Gasteiger partial charge in [-0.2, -0.15) is 0 Å². The van der Waals surface area contributed by atoms with Crippen molar-refractivity contribution in [3.63, 3.8) is 0 Å². The topological polar surface area (TPSA) is 62.7 Å². The van der Waals surface area contributed by atoms with Crippen LogP contribution >= 0.6 is 12.2 Å². The quantitative estimate of drug-likeness (QED) is 0.685. The van der Waals surface area contributed by atoms with Crippen molar-refractivity contribution >= 4 is 18.1 Å². The molecule has 0 saturated heterocycles. The zero-order chi connectivity index (χ0) is 9.42. The summed E-state index contributed by atoms with van der Waals surface area (Å²) >= 11 is 5.02. The molecule has 0 aromatic carbocycles. The molecule has 0 atom stereocenters. The lowest BCUT2D eigenvalue weighted by Gasteiger charge is -2.01. The molecule has 5 nitrogen and oxygen atoms in total. The Morgan fingerprint density at radius 1 is 1.77 bits per heavy atom. The van der Waals surface area contributed by atoms with Crippen LogP contribution in [-0.4, -0.2) is 27.7 Å². The third-order valence-corrected chi connectivity index (χ3v) is 2.33. The number of hydrogen-bond acceptors (Lipinski definition) is 3. The number of aromatic amines is 1. The maximum Gasteiger partial charge on any atom is 0.288 e. The Morgan fingerprint density at radius 3 is 3.00 bits per heavy atom. The summed E-state index contributed by atoms with van der Waals surface area (Å²) in [6, 6.07) is 0.374. The summed E-state index contributed by atoms with van der Waals surface area (Å²) in [5.41, 5.74) is 0. The van der Waals surface area contributed by atoms with E-state index in [1.165, 1.54) is 0 Å². The van der Waals surface area contributed by atoms with Crippen molar-refractivity contribution in [3.8, 4) is 0 Å². The lowest BCUT2D eigenvalue weighted by atomic mass is 10.5. The van der Waals surface area contributed by atoms with Gasteiger partial charge in [0, 0.05) is 13.1 Å². The summed E-state index contributed by atoms with van der Waals surface area (Å²) in [7, 11) is 1.58. The first kappa shape index (κ1) is 8.43. The van der Waals surface area contributed by atoms with E-state index < -0.39 is 0 Å². The molecule has 13 heavy (non-hydrogen) atoms. The highest BCUT2D eigenvalue weighted by atomic mass is 32.1. The average molecular weight is 198 g/mol. The highest BCUT2D eigenvalue weighted by Crippen LogP contribution is 2.35. The molecule has 1 aliphatic carbocycles. The molecule has 0 radical (unpaired) electrons. The predicted octanol–water partition coefficient (Wildman–Crippen LogP) is 0.635. The average Bonchev–Trinajstić information content (AvgIpc) is 2.89. The van der Waals surface area contributed by atoms with E-state index in [9.17, 15) is 4.79 Å². The van der Waals surface area contributed by atoms with Gasteiger partial charge in [0.25, 0.3) is 5.91 Å². The molecule has 2 N–H and O–H groups in total. The van der Waals surface area contributed by atoms with Crippen molar-refractivity contribution < 1.29 is 4.79 Å². The Balaban J connectivity index is 2.45. The molecule has 2 rings (SSSR count). The second kappa shape index (κ2) is 2.95. The molecule has 1 aromatic rings. The van der Waals surface area contributed by atoms with Crippen molar-refractivity contribution in [1.29, 1.82) is 0 Å². The maximum atomic E-state index is 11.3. The molecule has 1 fully saturated rings. The maximum absolute atomic E-state index is 11.3. The molecule has 1 saturated carbocycles. The standard InChI is InChI=1S/C7H10N4OS/c1-8-6(12)5-9-10-7(13)11(5)4-2-3-4/h4H,2-3H2,1H3,(H,8,12)(H,10,13). The van der Waals surface area contributed by atoms with Gasteiger partial charge in [-0.15, -0.1) is 5.10 Å². The van der Waals surface area contributed by atoms with Crippen molar-refractivity contribution in [3.05, 3.63) is 10.6 Å². The van der Waals surface area contributed by atoms with E-state index in [0.29, 0.717) is 16.6 Å². The number of nitrogens with zero attached hydrogens (tertiary/aromatic N) is 2. The molecule has 1 aliphatic rings. The van der Waals surface area contributed by atoms with Gasteiger partial charge in [-0.1, -0.05) is 0 Å². The summed E-state index contributed by atoms with van der Waals surface area (Å²) in [5.74, 6) is 0.189. The third kappa shape index (κ3) is 1.37. The molecule has 70 valence electrons. The van der Waals surface area contributed by atoms with Gasteiger partial charge >= 0.3 is 0 Å². The lowest BCUT2D eigenvalue weighted by Crippen LogP contribution is -2.22. The number of H-pyrrole nitrogens is 1. The number of rotatable bonds is 2. The minimum Gasteiger partial charge on any atom is -0.352 e. The fourth-order valence-electron chi connectivity index (χ4n) is 1.25. The van der Waals surface area contributed by atoms with E-state index in [2.05, 4.69) is 15.5 Å². The van der Waals surface area contributed by atoms with Crippen molar-refractivity contribution in [1.82, 2.24) is 20.1 Å². The molecule has 0 aliphatic heterocycles. The van der Waals surface area contributed by atoms with E-state index in [4.69, 9.17) is 12.2 Å². The van der Waals surface area contributed by atoms with Crippen molar-refractivity contribution in [2.75, 3.05) is 7.05 Å². The number of nitrogens with one attached hydrogen (secondary N) is 2. The number of amides is 1. The second-order valence-corrected chi connectivity index (χ2v) is 3.42. The van der Waals surface area contributed by atoms with E-state index in [0.717, 1.165) is 12.8 Å². The lowest BCUT2D eigenvalue weighted by molar-refractivity contribution is 0.0948. The first-order valence-electron chi connectivity index (χ1n) is 4.13. The van der Waals surface area contributed by atoms with Crippen LogP contribution in [-0.2, 0) is 0 Å². The highest BCUT2D eigenvalue weighted by Gasteiger charge is 2.29. The Bertz CT molecular complexity index is 389. The summed E-state index contributed by atoms with van der Waals surface area (Å²) in [6.07, 6.45) is 2.16. The van der Waals surface area contributed by atoms with Gasteiger partial charge in [0.1, 0.15) is 0 Å². The van der Waals surface area contributed by atoms with Gasteiger partial charge in [-0.05, 0) is 25.1 Å².